The number of imide groups is 1. The minimum atomic E-state index is -1.20. The number of carbonyl (C=O) groups is 4. The molecule has 1 heterocycles. The van der Waals surface area contributed by atoms with Gasteiger partial charge < -0.3 is 16.0 Å². The first-order valence-electron chi connectivity index (χ1n) is 9.53. The molecule has 28 heavy (non-hydrogen) atoms. The highest BCUT2D eigenvalue weighted by molar-refractivity contribution is 6.09. The summed E-state index contributed by atoms with van der Waals surface area (Å²) in [7, 11) is 0. The second-order valence-corrected chi connectivity index (χ2v) is 7.78. The fraction of sp³-hybridized carbons (Fsp3) is 0.500. The Hall–Kier alpha value is -2.90. The van der Waals surface area contributed by atoms with E-state index in [0.717, 1.165) is 24.2 Å². The number of benzene rings is 1. The average Bonchev–Trinajstić information content (AvgIpc) is 3.18. The average molecular weight is 386 g/mol. The van der Waals surface area contributed by atoms with Crippen molar-refractivity contribution in [1.82, 2.24) is 20.9 Å². The van der Waals surface area contributed by atoms with Crippen molar-refractivity contribution < 1.29 is 19.2 Å². The molecule has 0 radical (unpaired) electrons. The zero-order valence-corrected chi connectivity index (χ0v) is 16.4. The zero-order chi connectivity index (χ0) is 20.5. The third-order valence-corrected chi connectivity index (χ3v) is 5.15. The molecular weight excluding hydrogens is 360 g/mol. The Morgan fingerprint density at radius 2 is 1.89 bits per heavy atom. The first-order chi connectivity index (χ1) is 13.2. The van der Waals surface area contributed by atoms with Crippen LogP contribution in [0.5, 0.6) is 0 Å². The Balaban J connectivity index is 1.66. The molecule has 1 saturated heterocycles. The molecule has 1 fully saturated rings. The molecule has 150 valence electrons. The first-order valence-corrected chi connectivity index (χ1v) is 9.53. The lowest BCUT2D eigenvalue weighted by Gasteiger charge is -2.23. The van der Waals surface area contributed by atoms with Crippen molar-refractivity contribution in [3.63, 3.8) is 0 Å². The quantitative estimate of drug-likeness (QED) is 0.622. The van der Waals surface area contributed by atoms with E-state index in [1.165, 1.54) is 11.1 Å². The summed E-state index contributed by atoms with van der Waals surface area (Å²) < 4.78 is 0. The van der Waals surface area contributed by atoms with E-state index in [9.17, 15) is 19.2 Å². The SMILES string of the molecule is CC(C)NC(=O)CNC(=O)CN1C(=O)N[C@@](C)(c2ccc3c(c2)CCC3)C1=O. The first kappa shape index (κ1) is 19.9. The molecule has 1 aliphatic carbocycles. The number of fused-ring (bicyclic) bond motifs is 1. The molecular formula is C20H26N4O4. The standard InChI is InChI=1S/C20H26N4O4/c1-12(2)22-16(25)10-21-17(26)11-24-18(27)20(3,23-19(24)28)15-8-7-13-5-4-6-14(13)9-15/h7-9,12H,4-6,10-11H2,1-3H3,(H,21,26)(H,22,25)(H,23,28)/t20-/m0/s1. The van der Waals surface area contributed by atoms with Crippen LogP contribution < -0.4 is 16.0 Å². The fourth-order valence-electron chi connectivity index (χ4n) is 3.67. The maximum atomic E-state index is 12.9. The van der Waals surface area contributed by atoms with Crippen LogP contribution in [0.1, 0.15) is 43.9 Å². The third kappa shape index (κ3) is 3.85. The van der Waals surface area contributed by atoms with Crippen molar-refractivity contribution in [1.29, 1.82) is 0 Å². The van der Waals surface area contributed by atoms with Crippen molar-refractivity contribution in [2.24, 2.45) is 0 Å². The maximum Gasteiger partial charge on any atom is 0.325 e. The summed E-state index contributed by atoms with van der Waals surface area (Å²) in [6.45, 7) is 4.64. The molecule has 1 aliphatic heterocycles. The summed E-state index contributed by atoms with van der Waals surface area (Å²) in [5, 5.41) is 7.79. The van der Waals surface area contributed by atoms with Crippen LogP contribution in [0, 0.1) is 0 Å². The van der Waals surface area contributed by atoms with Crippen LogP contribution in [-0.4, -0.2) is 47.8 Å². The van der Waals surface area contributed by atoms with Crippen LogP contribution in [0.4, 0.5) is 4.79 Å². The van der Waals surface area contributed by atoms with Gasteiger partial charge in [-0.3, -0.25) is 19.3 Å². The van der Waals surface area contributed by atoms with Gasteiger partial charge >= 0.3 is 6.03 Å². The normalized spacial score (nSPS) is 20.9. The number of urea groups is 1. The molecule has 0 aromatic heterocycles. The Morgan fingerprint density at radius 1 is 1.18 bits per heavy atom. The van der Waals surface area contributed by atoms with Gasteiger partial charge in [0.2, 0.25) is 11.8 Å². The molecule has 1 atom stereocenters. The Bertz CT molecular complexity index is 835. The number of rotatable bonds is 6. The third-order valence-electron chi connectivity index (χ3n) is 5.15. The monoisotopic (exact) mass is 386 g/mol. The van der Waals surface area contributed by atoms with Gasteiger partial charge in [0.05, 0.1) is 6.54 Å². The van der Waals surface area contributed by atoms with Gasteiger partial charge in [-0.1, -0.05) is 18.2 Å². The fourth-order valence-corrected chi connectivity index (χ4v) is 3.67. The molecule has 5 amide bonds. The Morgan fingerprint density at radius 3 is 2.61 bits per heavy atom. The molecule has 3 rings (SSSR count). The van der Waals surface area contributed by atoms with Crippen molar-refractivity contribution in [2.45, 2.75) is 51.6 Å². The van der Waals surface area contributed by atoms with E-state index in [1.54, 1.807) is 6.92 Å². The predicted octanol–water partition coefficient (Wildman–Crippen LogP) is 0.583. The number of amides is 5. The van der Waals surface area contributed by atoms with Gasteiger partial charge in [-0.25, -0.2) is 4.79 Å². The van der Waals surface area contributed by atoms with Gasteiger partial charge in [0.25, 0.3) is 5.91 Å². The van der Waals surface area contributed by atoms with E-state index in [-0.39, 0.29) is 18.5 Å². The van der Waals surface area contributed by atoms with Crippen LogP contribution in [0.3, 0.4) is 0 Å². The number of carbonyl (C=O) groups excluding carboxylic acids is 4. The lowest BCUT2D eigenvalue weighted by Crippen LogP contribution is -2.45. The van der Waals surface area contributed by atoms with Gasteiger partial charge in [-0.2, -0.15) is 0 Å². The molecule has 8 heteroatoms. The second kappa shape index (κ2) is 7.61. The van der Waals surface area contributed by atoms with Gasteiger partial charge in [0.15, 0.2) is 0 Å². The summed E-state index contributed by atoms with van der Waals surface area (Å²) in [6, 6.07) is 5.19. The summed E-state index contributed by atoms with van der Waals surface area (Å²) in [5.74, 6) is -1.37. The largest absolute Gasteiger partial charge is 0.352 e. The molecule has 0 saturated carbocycles. The van der Waals surface area contributed by atoms with Crippen molar-refractivity contribution >= 4 is 23.8 Å². The molecule has 3 N–H and O–H groups in total. The van der Waals surface area contributed by atoms with E-state index in [1.807, 2.05) is 32.0 Å². The molecule has 0 spiro atoms. The number of hydrogen-bond acceptors (Lipinski definition) is 4. The lowest BCUT2D eigenvalue weighted by atomic mass is 9.89. The number of aryl methyl sites for hydroxylation is 2. The summed E-state index contributed by atoms with van der Waals surface area (Å²) >= 11 is 0. The Labute approximate surface area is 164 Å². The van der Waals surface area contributed by atoms with Crippen molar-refractivity contribution in [3.8, 4) is 0 Å². The highest BCUT2D eigenvalue weighted by Gasteiger charge is 2.49. The summed E-state index contributed by atoms with van der Waals surface area (Å²) in [4.78, 5) is 49.9. The predicted molar refractivity (Wildman–Crippen MR) is 102 cm³/mol. The minimum Gasteiger partial charge on any atom is -0.352 e. The maximum absolute atomic E-state index is 12.9. The second-order valence-electron chi connectivity index (χ2n) is 7.78. The number of hydrogen-bond donors (Lipinski definition) is 3. The molecule has 1 aromatic rings. The van der Waals surface area contributed by atoms with Gasteiger partial charge in [-0.05, 0) is 56.7 Å². The van der Waals surface area contributed by atoms with E-state index < -0.39 is 29.9 Å². The molecule has 0 bridgehead atoms. The smallest absolute Gasteiger partial charge is 0.325 e. The lowest BCUT2D eigenvalue weighted by molar-refractivity contribution is -0.135. The van der Waals surface area contributed by atoms with E-state index in [4.69, 9.17) is 0 Å². The van der Waals surface area contributed by atoms with E-state index in [0.29, 0.717) is 5.56 Å². The van der Waals surface area contributed by atoms with E-state index in [2.05, 4.69) is 16.0 Å². The van der Waals surface area contributed by atoms with Crippen molar-refractivity contribution in [2.75, 3.05) is 13.1 Å². The van der Waals surface area contributed by atoms with Gasteiger partial charge in [-0.15, -0.1) is 0 Å². The summed E-state index contributed by atoms with van der Waals surface area (Å²) in [6.07, 6.45) is 3.09. The minimum absolute atomic E-state index is 0.0385. The van der Waals surface area contributed by atoms with E-state index >= 15 is 0 Å². The summed E-state index contributed by atoms with van der Waals surface area (Å²) in [5.41, 5.74) is 1.99. The number of nitrogens with one attached hydrogen (secondary N) is 3. The molecule has 8 nitrogen and oxygen atoms in total. The highest BCUT2D eigenvalue weighted by atomic mass is 16.2. The molecule has 2 aliphatic rings. The van der Waals surface area contributed by atoms with Crippen LogP contribution in [0.25, 0.3) is 0 Å². The topological polar surface area (TPSA) is 108 Å². The molecule has 1 aromatic carbocycles. The Kier molecular flexibility index (Phi) is 5.40. The highest BCUT2D eigenvalue weighted by Crippen LogP contribution is 2.32. The molecule has 0 unspecified atom stereocenters. The van der Waals surface area contributed by atoms with Crippen molar-refractivity contribution in [3.05, 3.63) is 34.9 Å². The van der Waals surface area contributed by atoms with Gasteiger partial charge in [0, 0.05) is 6.04 Å². The van der Waals surface area contributed by atoms with Crippen LogP contribution in [0.15, 0.2) is 18.2 Å². The van der Waals surface area contributed by atoms with Crippen LogP contribution in [0.2, 0.25) is 0 Å². The number of nitrogens with zero attached hydrogens (tertiary/aromatic N) is 1. The van der Waals surface area contributed by atoms with Crippen LogP contribution >= 0.6 is 0 Å². The zero-order valence-electron chi connectivity index (χ0n) is 16.4. The van der Waals surface area contributed by atoms with Crippen LogP contribution in [-0.2, 0) is 32.8 Å². The van der Waals surface area contributed by atoms with Gasteiger partial charge in [0.1, 0.15) is 12.1 Å².